The fraction of sp³-hybridized carbons (Fsp3) is 0.214. The lowest BCUT2D eigenvalue weighted by molar-refractivity contribution is 0.214. The third-order valence-electron chi connectivity index (χ3n) is 2.76. The lowest BCUT2D eigenvalue weighted by Crippen LogP contribution is -2.04. The third-order valence-corrected chi connectivity index (χ3v) is 3.09. The average molecular weight is 264 g/mol. The Balaban J connectivity index is 2.45. The Morgan fingerprint density at radius 3 is 2.67 bits per heavy atom. The summed E-state index contributed by atoms with van der Waals surface area (Å²) in [4.78, 5) is 4.17. The number of aryl methyl sites for hydroxylation is 1. The van der Waals surface area contributed by atoms with Crippen molar-refractivity contribution in [1.29, 1.82) is 0 Å². The average Bonchev–Trinajstić information content (AvgIpc) is 2.38. The minimum absolute atomic E-state index is 0.474. The summed E-state index contributed by atoms with van der Waals surface area (Å²) in [5.74, 6) is 0.565. The topological polar surface area (TPSA) is 42.4 Å². The summed E-state index contributed by atoms with van der Waals surface area (Å²) < 4.78 is 5.23. The second-order valence-electron chi connectivity index (χ2n) is 3.99. The van der Waals surface area contributed by atoms with Crippen LogP contribution in [0.3, 0.4) is 0 Å². The summed E-state index contributed by atoms with van der Waals surface area (Å²) in [6.45, 7) is 1.90. The first-order chi connectivity index (χ1) is 8.63. The van der Waals surface area contributed by atoms with Gasteiger partial charge in [-0.05, 0) is 25.1 Å². The van der Waals surface area contributed by atoms with Crippen molar-refractivity contribution in [3.8, 4) is 5.75 Å². The summed E-state index contributed by atoms with van der Waals surface area (Å²) in [7, 11) is 1.55. The van der Waals surface area contributed by atoms with Crippen LogP contribution in [0.25, 0.3) is 0 Å². The molecule has 0 radical (unpaired) electrons. The van der Waals surface area contributed by atoms with Crippen LogP contribution in [0, 0.1) is 6.92 Å². The van der Waals surface area contributed by atoms with Crippen molar-refractivity contribution in [2.24, 2.45) is 0 Å². The highest BCUT2D eigenvalue weighted by atomic mass is 35.5. The quantitative estimate of drug-likeness (QED) is 0.925. The molecule has 0 amide bonds. The van der Waals surface area contributed by atoms with E-state index in [0.29, 0.717) is 21.9 Å². The van der Waals surface area contributed by atoms with E-state index in [1.165, 1.54) is 0 Å². The maximum atomic E-state index is 10.4. The standard InChI is InChI=1S/C14H14ClNO2/c1-9-6-7-10(8-16-9)14(17)13-11(15)4-3-5-12(13)18-2/h3-8,14,17H,1-2H3. The number of pyridine rings is 1. The number of hydrogen-bond donors (Lipinski definition) is 1. The minimum atomic E-state index is -0.846. The molecule has 0 saturated carbocycles. The van der Waals surface area contributed by atoms with Gasteiger partial charge in [0.1, 0.15) is 11.9 Å². The lowest BCUT2D eigenvalue weighted by atomic mass is 10.0. The number of hydrogen-bond acceptors (Lipinski definition) is 3. The predicted octanol–water partition coefficient (Wildman–Crippen LogP) is 3.13. The molecule has 1 unspecified atom stereocenters. The third kappa shape index (κ3) is 2.47. The molecule has 2 aromatic rings. The number of aromatic nitrogens is 1. The summed E-state index contributed by atoms with van der Waals surface area (Å²) in [5, 5.41) is 10.8. The fourth-order valence-corrected chi connectivity index (χ4v) is 2.04. The van der Waals surface area contributed by atoms with Crippen LogP contribution in [0.1, 0.15) is 22.9 Å². The summed E-state index contributed by atoms with van der Waals surface area (Å²) in [6.07, 6.45) is 0.796. The Bertz CT molecular complexity index is 540. The number of aliphatic hydroxyl groups is 1. The van der Waals surface area contributed by atoms with Crippen LogP contribution < -0.4 is 4.74 Å². The van der Waals surface area contributed by atoms with Crippen LogP contribution in [0.4, 0.5) is 0 Å². The van der Waals surface area contributed by atoms with Gasteiger partial charge in [0, 0.05) is 23.0 Å². The van der Waals surface area contributed by atoms with E-state index in [2.05, 4.69) is 4.98 Å². The van der Waals surface area contributed by atoms with Gasteiger partial charge in [0.15, 0.2) is 0 Å². The highest BCUT2D eigenvalue weighted by molar-refractivity contribution is 6.31. The number of rotatable bonds is 3. The van der Waals surface area contributed by atoms with Crippen LogP contribution >= 0.6 is 11.6 Å². The number of aliphatic hydroxyl groups excluding tert-OH is 1. The second-order valence-corrected chi connectivity index (χ2v) is 4.40. The number of ether oxygens (including phenoxy) is 1. The van der Waals surface area contributed by atoms with Crippen molar-refractivity contribution in [3.63, 3.8) is 0 Å². The number of benzene rings is 1. The Hall–Kier alpha value is -1.58. The van der Waals surface area contributed by atoms with Crippen molar-refractivity contribution >= 4 is 11.6 Å². The van der Waals surface area contributed by atoms with E-state index in [-0.39, 0.29) is 0 Å². The molecule has 0 aliphatic carbocycles. The molecule has 1 atom stereocenters. The molecule has 4 heteroatoms. The van der Waals surface area contributed by atoms with Gasteiger partial charge in [-0.1, -0.05) is 23.7 Å². The molecule has 0 saturated heterocycles. The lowest BCUT2D eigenvalue weighted by Gasteiger charge is -2.16. The van der Waals surface area contributed by atoms with Crippen LogP contribution in [0.5, 0.6) is 5.75 Å². The van der Waals surface area contributed by atoms with Gasteiger partial charge in [-0.3, -0.25) is 4.98 Å². The Morgan fingerprint density at radius 1 is 1.28 bits per heavy atom. The summed E-state index contributed by atoms with van der Waals surface area (Å²) in [5.41, 5.74) is 2.15. The van der Waals surface area contributed by atoms with Gasteiger partial charge in [-0.2, -0.15) is 0 Å². The molecule has 0 bridgehead atoms. The van der Waals surface area contributed by atoms with Crippen LogP contribution in [0.2, 0.25) is 5.02 Å². The Kier molecular flexibility index (Phi) is 3.84. The predicted molar refractivity (Wildman–Crippen MR) is 71.0 cm³/mol. The zero-order valence-corrected chi connectivity index (χ0v) is 11.0. The normalized spacial score (nSPS) is 12.2. The van der Waals surface area contributed by atoms with Gasteiger partial charge in [0.2, 0.25) is 0 Å². The van der Waals surface area contributed by atoms with Gasteiger partial charge in [-0.15, -0.1) is 0 Å². The van der Waals surface area contributed by atoms with Gasteiger partial charge in [0.25, 0.3) is 0 Å². The van der Waals surface area contributed by atoms with Gasteiger partial charge >= 0.3 is 0 Å². The molecule has 0 aliphatic rings. The van der Waals surface area contributed by atoms with Gasteiger partial charge in [0.05, 0.1) is 12.1 Å². The van der Waals surface area contributed by atoms with Crippen molar-refractivity contribution in [3.05, 3.63) is 58.4 Å². The molecule has 0 aliphatic heterocycles. The highest BCUT2D eigenvalue weighted by Crippen LogP contribution is 2.35. The van der Waals surface area contributed by atoms with E-state index in [4.69, 9.17) is 16.3 Å². The van der Waals surface area contributed by atoms with Gasteiger partial charge in [-0.25, -0.2) is 0 Å². The molecule has 2 rings (SSSR count). The Labute approximate surface area is 111 Å². The van der Waals surface area contributed by atoms with Crippen LogP contribution in [-0.2, 0) is 0 Å². The van der Waals surface area contributed by atoms with Crippen molar-refractivity contribution in [1.82, 2.24) is 4.98 Å². The van der Waals surface area contributed by atoms with Gasteiger partial charge < -0.3 is 9.84 Å². The van der Waals surface area contributed by atoms with E-state index in [9.17, 15) is 5.11 Å². The first-order valence-electron chi connectivity index (χ1n) is 5.56. The highest BCUT2D eigenvalue weighted by Gasteiger charge is 2.18. The smallest absolute Gasteiger partial charge is 0.126 e. The van der Waals surface area contributed by atoms with E-state index in [0.717, 1.165) is 5.69 Å². The number of halogens is 1. The molecule has 0 fully saturated rings. The zero-order chi connectivity index (χ0) is 13.1. The number of methoxy groups -OCH3 is 1. The minimum Gasteiger partial charge on any atom is -0.496 e. The van der Waals surface area contributed by atoms with Crippen LogP contribution in [0.15, 0.2) is 36.5 Å². The van der Waals surface area contributed by atoms with Crippen molar-refractivity contribution < 1.29 is 9.84 Å². The summed E-state index contributed by atoms with van der Waals surface area (Å²) in [6, 6.07) is 8.96. The SMILES string of the molecule is COc1cccc(Cl)c1C(O)c1ccc(C)nc1. The molecule has 94 valence electrons. The molecule has 0 spiro atoms. The molecular formula is C14H14ClNO2. The van der Waals surface area contributed by atoms with Crippen molar-refractivity contribution in [2.75, 3.05) is 7.11 Å². The van der Waals surface area contributed by atoms with E-state index >= 15 is 0 Å². The van der Waals surface area contributed by atoms with E-state index < -0.39 is 6.10 Å². The maximum absolute atomic E-state index is 10.4. The molecule has 3 nitrogen and oxygen atoms in total. The van der Waals surface area contributed by atoms with Crippen LogP contribution in [-0.4, -0.2) is 17.2 Å². The first-order valence-corrected chi connectivity index (χ1v) is 5.94. The first kappa shape index (κ1) is 12.9. The van der Waals surface area contributed by atoms with E-state index in [1.54, 1.807) is 31.5 Å². The monoisotopic (exact) mass is 263 g/mol. The Morgan fingerprint density at radius 2 is 2.06 bits per heavy atom. The number of nitrogens with zero attached hydrogens (tertiary/aromatic N) is 1. The molecule has 1 heterocycles. The molecular weight excluding hydrogens is 250 g/mol. The molecule has 1 N–H and O–H groups in total. The van der Waals surface area contributed by atoms with Crippen molar-refractivity contribution in [2.45, 2.75) is 13.0 Å². The maximum Gasteiger partial charge on any atom is 0.126 e. The largest absolute Gasteiger partial charge is 0.496 e. The molecule has 1 aromatic heterocycles. The molecule has 18 heavy (non-hydrogen) atoms. The molecule has 1 aromatic carbocycles. The van der Waals surface area contributed by atoms with E-state index in [1.807, 2.05) is 19.1 Å². The fourth-order valence-electron chi connectivity index (χ4n) is 1.77. The zero-order valence-electron chi connectivity index (χ0n) is 10.2. The second kappa shape index (κ2) is 5.38. The summed E-state index contributed by atoms with van der Waals surface area (Å²) >= 11 is 6.12.